The van der Waals surface area contributed by atoms with Crippen molar-refractivity contribution in [3.63, 3.8) is 0 Å². The molecule has 2 N–H and O–H groups in total. The van der Waals surface area contributed by atoms with E-state index in [1.54, 1.807) is 21.3 Å². The number of benzene rings is 1. The van der Waals surface area contributed by atoms with Crippen LogP contribution >= 0.6 is 0 Å². The predicted molar refractivity (Wildman–Crippen MR) is 225 cm³/mol. The number of likely N-dealkylation sites (N-methyl/N-ethyl adjacent to an activating group) is 1. The molecule has 3 heterocycles. The highest BCUT2D eigenvalue weighted by molar-refractivity contribution is 5.99. The number of aliphatic hydroxyl groups is 1. The maximum Gasteiger partial charge on any atom is 0.306 e. The number of ketones is 1. The number of allylic oxidation sites excluding steroid dienone is 2. The van der Waals surface area contributed by atoms with Crippen LogP contribution in [0.4, 0.5) is 5.69 Å². The van der Waals surface area contributed by atoms with E-state index in [-0.39, 0.29) is 78.5 Å². The van der Waals surface area contributed by atoms with Crippen molar-refractivity contribution in [2.24, 2.45) is 35.5 Å². The van der Waals surface area contributed by atoms with Gasteiger partial charge in [-0.15, -0.1) is 0 Å². The Bertz CT molecular complexity index is 1610. The van der Waals surface area contributed by atoms with Crippen molar-refractivity contribution in [3.8, 4) is 0 Å². The third-order valence-electron chi connectivity index (χ3n) is 15.0. The molecule has 3 aliphatic heterocycles. The molecule has 0 aromatic heterocycles. The van der Waals surface area contributed by atoms with E-state index in [9.17, 15) is 9.90 Å². The van der Waals surface area contributed by atoms with E-state index in [0.29, 0.717) is 43.7 Å². The average Bonchev–Trinajstić information content (AvgIpc) is 3.82. The number of nitrogens with one attached hydrogen (secondary N) is 1. The summed E-state index contributed by atoms with van der Waals surface area (Å²) in [5.74, 6) is -1.76. The maximum atomic E-state index is 15.1. The number of carbonyl (C=O) groups is 2. The molecule has 2 saturated carbocycles. The van der Waals surface area contributed by atoms with E-state index < -0.39 is 48.8 Å². The first-order valence-corrected chi connectivity index (χ1v) is 22.7. The molecule has 0 amide bonds. The van der Waals surface area contributed by atoms with Crippen LogP contribution in [-0.2, 0) is 47.5 Å². The molecule has 3 aliphatic carbocycles. The number of methoxy groups -OCH3 is 3. The van der Waals surface area contributed by atoms with Gasteiger partial charge in [0.25, 0.3) is 0 Å². The number of hydrogen-bond donors (Lipinski definition) is 2. The number of anilines is 1. The molecule has 6 aliphatic rings. The van der Waals surface area contributed by atoms with Crippen LogP contribution in [0.3, 0.4) is 0 Å². The van der Waals surface area contributed by atoms with Gasteiger partial charge in [-0.05, 0) is 121 Å². The standard InChI is InChI=1S/C47H72N2O11/c1-10-29-17-14-18-37(60-39-20-19-36(49(5)6)26(3)56-39)25(2)42(51)35-23-32-31-21-30(59-47-46(55-9)45(54-8)44(53-7)27(4)57-47)22-34(31)43(52)41(48-28-15-12-11-13-16-28)40(32)33(35)24-38(50)58-29/h11-13,15-16,23,25-27,29-34,36-37,39-41,43-48,52H,10,14,17-22,24H2,1-9H3/t25-,26?,27?,29+,30+,31+,32+,33-,34-,36+,37+,39+,40-,41?,43?,44+,45?,46?,47+/m1/s1. The number of Topliss-reactive ketones (excluding diaryl/α,β-unsaturated/α-hetero) is 1. The molecule has 0 bridgehead atoms. The van der Waals surface area contributed by atoms with Gasteiger partial charge >= 0.3 is 5.97 Å². The lowest BCUT2D eigenvalue weighted by atomic mass is 9.62. The Labute approximate surface area is 357 Å². The Morgan fingerprint density at radius 3 is 2.23 bits per heavy atom. The first-order valence-electron chi connectivity index (χ1n) is 22.7. The summed E-state index contributed by atoms with van der Waals surface area (Å²) in [5.41, 5.74) is 1.52. The summed E-state index contributed by atoms with van der Waals surface area (Å²) in [6, 6.07) is 9.74. The number of rotatable bonds is 11. The van der Waals surface area contributed by atoms with Gasteiger partial charge in [0.15, 0.2) is 18.4 Å². The molecular weight excluding hydrogens is 769 g/mol. The fourth-order valence-electron chi connectivity index (χ4n) is 11.9. The maximum absolute atomic E-state index is 15.1. The smallest absolute Gasteiger partial charge is 0.306 e. The van der Waals surface area contributed by atoms with Gasteiger partial charge in [0.1, 0.15) is 24.4 Å². The monoisotopic (exact) mass is 841 g/mol. The summed E-state index contributed by atoms with van der Waals surface area (Å²) in [6.45, 7) is 8.08. The third-order valence-corrected chi connectivity index (χ3v) is 15.0. The fourth-order valence-corrected chi connectivity index (χ4v) is 11.9. The van der Waals surface area contributed by atoms with Crippen LogP contribution < -0.4 is 5.32 Å². The summed E-state index contributed by atoms with van der Waals surface area (Å²) in [5, 5.41) is 16.3. The molecule has 0 spiro atoms. The zero-order valence-electron chi connectivity index (χ0n) is 37.3. The highest BCUT2D eigenvalue weighted by Crippen LogP contribution is 2.57. The normalized spacial score (nSPS) is 43.9. The van der Waals surface area contributed by atoms with Crippen LogP contribution in [0, 0.1) is 35.5 Å². The molecule has 13 heteroatoms. The highest BCUT2D eigenvalue weighted by atomic mass is 16.7. The van der Waals surface area contributed by atoms with Crippen molar-refractivity contribution in [2.45, 2.75) is 165 Å². The molecule has 60 heavy (non-hydrogen) atoms. The third kappa shape index (κ3) is 9.40. The highest BCUT2D eigenvalue weighted by Gasteiger charge is 2.60. The first kappa shape index (κ1) is 45.6. The van der Waals surface area contributed by atoms with E-state index in [2.05, 4.69) is 44.2 Å². The minimum atomic E-state index is -0.785. The van der Waals surface area contributed by atoms with Crippen molar-refractivity contribution < 1.29 is 52.6 Å². The van der Waals surface area contributed by atoms with E-state index in [0.717, 1.165) is 24.9 Å². The van der Waals surface area contributed by atoms with Gasteiger partial charge in [0.05, 0.1) is 43.0 Å². The van der Waals surface area contributed by atoms with Gasteiger partial charge in [-0.2, -0.15) is 0 Å². The van der Waals surface area contributed by atoms with Gasteiger partial charge in [-0.3, -0.25) is 9.59 Å². The van der Waals surface area contributed by atoms with E-state index in [1.807, 2.05) is 44.2 Å². The van der Waals surface area contributed by atoms with Crippen molar-refractivity contribution in [1.29, 1.82) is 0 Å². The van der Waals surface area contributed by atoms with Gasteiger partial charge < -0.3 is 53.2 Å². The molecule has 0 radical (unpaired) electrons. The topological polar surface area (TPSA) is 143 Å². The average molecular weight is 841 g/mol. The number of fused-ring (bicyclic) bond motifs is 5. The lowest BCUT2D eigenvalue weighted by Gasteiger charge is -2.47. The molecule has 1 aromatic rings. The van der Waals surface area contributed by atoms with E-state index >= 15 is 4.79 Å². The molecule has 19 atom stereocenters. The molecule has 13 nitrogen and oxygen atoms in total. The second-order valence-electron chi connectivity index (χ2n) is 18.6. The minimum absolute atomic E-state index is 0.00373. The lowest BCUT2D eigenvalue weighted by Crippen LogP contribution is -2.59. The summed E-state index contributed by atoms with van der Waals surface area (Å²) in [6.07, 6.45) is 3.64. The van der Waals surface area contributed by atoms with Crippen molar-refractivity contribution >= 4 is 17.4 Å². The number of aliphatic hydroxyl groups excluding tert-OH is 1. The second kappa shape index (κ2) is 19.9. The summed E-state index contributed by atoms with van der Waals surface area (Å²) in [4.78, 5) is 31.3. The molecule has 7 rings (SSSR count). The summed E-state index contributed by atoms with van der Waals surface area (Å²) >= 11 is 0. The molecule has 1 aromatic carbocycles. The van der Waals surface area contributed by atoms with Crippen LogP contribution in [0.15, 0.2) is 42.0 Å². The van der Waals surface area contributed by atoms with Crippen molar-refractivity contribution in [3.05, 3.63) is 42.0 Å². The second-order valence-corrected chi connectivity index (χ2v) is 18.6. The quantitative estimate of drug-likeness (QED) is 0.261. The molecular formula is C47H72N2O11. The number of para-hydroxylation sites is 1. The van der Waals surface area contributed by atoms with E-state index in [1.165, 1.54) is 0 Å². The SMILES string of the molecule is CC[C@H]1CCC[C@H](O[C@H]2CC[C@H](N(C)C)C(C)O2)[C@@H](C)C(=O)C2=C[C@H]3[C@@H]4C[C@H](O[C@@H]5OC(C)[C@H](OC)C(OC)C5OC)C[C@H]4C(O)C(Nc4ccccc4)[C@H]3[C@@H]2CC(=O)O1. The van der Waals surface area contributed by atoms with E-state index in [4.69, 9.17) is 37.9 Å². The molecule has 3 saturated heterocycles. The Morgan fingerprint density at radius 1 is 0.850 bits per heavy atom. The number of esters is 1. The molecule has 6 unspecified atom stereocenters. The van der Waals surface area contributed by atoms with Crippen molar-refractivity contribution in [1.82, 2.24) is 4.90 Å². The lowest BCUT2D eigenvalue weighted by molar-refractivity contribution is -0.314. The Kier molecular flexibility index (Phi) is 15.1. The number of ether oxygens (including phenoxy) is 8. The van der Waals surface area contributed by atoms with Crippen LogP contribution in [0.5, 0.6) is 0 Å². The Balaban J connectivity index is 1.20. The Hall–Kier alpha value is -2.46. The number of carbonyl (C=O) groups excluding carboxylic acids is 2. The van der Waals surface area contributed by atoms with Gasteiger partial charge in [-0.1, -0.05) is 38.1 Å². The zero-order valence-corrected chi connectivity index (χ0v) is 37.3. The fraction of sp³-hybridized carbons (Fsp3) is 0.787. The van der Waals surface area contributed by atoms with Crippen LogP contribution in [0.25, 0.3) is 0 Å². The zero-order chi connectivity index (χ0) is 42.8. The van der Waals surface area contributed by atoms with Crippen LogP contribution in [0.1, 0.15) is 85.5 Å². The van der Waals surface area contributed by atoms with Crippen LogP contribution in [-0.4, -0.2) is 137 Å². The van der Waals surface area contributed by atoms with Gasteiger partial charge in [0, 0.05) is 44.9 Å². The molecule has 336 valence electrons. The summed E-state index contributed by atoms with van der Waals surface area (Å²) < 4.78 is 50.1. The van der Waals surface area contributed by atoms with Crippen LogP contribution in [0.2, 0.25) is 0 Å². The number of nitrogens with zero attached hydrogens (tertiary/aromatic N) is 1. The van der Waals surface area contributed by atoms with Gasteiger partial charge in [0.2, 0.25) is 0 Å². The largest absolute Gasteiger partial charge is 0.462 e. The number of cyclic esters (lactones) is 1. The minimum Gasteiger partial charge on any atom is -0.462 e. The Morgan fingerprint density at radius 2 is 1.57 bits per heavy atom. The summed E-state index contributed by atoms with van der Waals surface area (Å²) in [7, 11) is 9.06. The number of hydrogen-bond acceptors (Lipinski definition) is 13. The predicted octanol–water partition coefficient (Wildman–Crippen LogP) is 5.77. The molecule has 5 fully saturated rings. The van der Waals surface area contributed by atoms with Gasteiger partial charge in [-0.25, -0.2) is 0 Å². The van der Waals surface area contributed by atoms with Crippen molar-refractivity contribution in [2.75, 3.05) is 40.7 Å². The first-order chi connectivity index (χ1) is 28.9.